The Hall–Kier alpha value is -2.60. The van der Waals surface area contributed by atoms with E-state index in [4.69, 9.17) is 21.1 Å². The molecule has 2 aromatic carbocycles. The van der Waals surface area contributed by atoms with Crippen molar-refractivity contribution in [2.75, 3.05) is 20.2 Å². The summed E-state index contributed by atoms with van der Waals surface area (Å²) in [5.74, 6) is 1.43. The summed E-state index contributed by atoms with van der Waals surface area (Å²) >= 11 is 6.02. The molecule has 0 aliphatic carbocycles. The van der Waals surface area contributed by atoms with E-state index in [2.05, 4.69) is 22.5 Å². The van der Waals surface area contributed by atoms with Gasteiger partial charge in [-0.1, -0.05) is 17.7 Å². The van der Waals surface area contributed by atoms with Crippen LogP contribution < -0.4 is 4.74 Å². The van der Waals surface area contributed by atoms with E-state index in [1.807, 2.05) is 24.3 Å². The molecule has 3 saturated heterocycles. The van der Waals surface area contributed by atoms with Gasteiger partial charge in [0.25, 0.3) is 0 Å². The zero-order valence-electron chi connectivity index (χ0n) is 19.0. The van der Waals surface area contributed by atoms with E-state index in [1.54, 1.807) is 37.6 Å². The molecule has 0 saturated carbocycles. The normalized spacial score (nSPS) is 24.2. The van der Waals surface area contributed by atoms with Crippen molar-refractivity contribution in [2.45, 2.75) is 25.0 Å². The van der Waals surface area contributed by atoms with Crippen LogP contribution in [0.3, 0.4) is 0 Å². The van der Waals surface area contributed by atoms with Gasteiger partial charge >= 0.3 is 5.97 Å². The smallest absolute Gasteiger partial charge is 0.338 e. The second kappa shape index (κ2) is 10.3. The van der Waals surface area contributed by atoms with Crippen LogP contribution in [0.5, 0.6) is 5.75 Å². The maximum atomic E-state index is 13.2. The maximum Gasteiger partial charge on any atom is 0.338 e. The molecule has 3 fully saturated rings. The summed E-state index contributed by atoms with van der Waals surface area (Å²) < 4.78 is 11.8. The lowest BCUT2D eigenvalue weighted by atomic mass is 9.73. The summed E-state index contributed by atoms with van der Waals surface area (Å²) in [5, 5.41) is 1.52. The molecule has 178 valence electrons. The van der Waals surface area contributed by atoms with Crippen LogP contribution in [-0.2, 0) is 4.74 Å². The molecule has 0 radical (unpaired) electrons. The Morgan fingerprint density at radius 1 is 1.24 bits per heavy atom. The topological polar surface area (TPSA) is 51.7 Å². The first kappa shape index (κ1) is 24.5. The summed E-state index contributed by atoms with van der Waals surface area (Å²) in [7, 11) is 1.65. The molecular formula is C27H28Cl2N2O3. The van der Waals surface area contributed by atoms with Crippen LogP contribution in [0.2, 0.25) is 5.02 Å². The number of rotatable bonds is 6. The second-order valence-corrected chi connectivity index (χ2v) is 9.30. The number of carbonyl (C=O) groups excluding carboxylic acids is 1. The summed E-state index contributed by atoms with van der Waals surface area (Å²) in [6, 6.07) is 14.7. The first-order valence-electron chi connectivity index (χ1n) is 11.3. The average Bonchev–Trinajstić information content (AvgIpc) is 2.87. The van der Waals surface area contributed by atoms with Gasteiger partial charge < -0.3 is 9.47 Å². The molecule has 0 spiro atoms. The van der Waals surface area contributed by atoms with Crippen LogP contribution in [0.1, 0.15) is 34.9 Å². The standard InChI is InChI=1S/C27H27ClN2O3.ClH/c1-3-17-16-30-13-11-19(17)14-25(30)26(33-27(31)18-4-6-20(28)7-5-18)22-10-12-29-24-9-8-21(32-2)15-23(22)24;/h3-10,12,15,17,19,25-26H,1,11,13-14,16H2,2H3;1H/t17-,19-,25+,26-;/m0./s1. The fourth-order valence-corrected chi connectivity index (χ4v) is 5.46. The Kier molecular flexibility index (Phi) is 7.46. The van der Waals surface area contributed by atoms with Crippen molar-refractivity contribution in [2.24, 2.45) is 11.8 Å². The zero-order chi connectivity index (χ0) is 22.9. The van der Waals surface area contributed by atoms with Gasteiger partial charge in [-0.2, -0.15) is 0 Å². The number of methoxy groups -OCH3 is 1. The molecule has 7 heteroatoms. The Labute approximate surface area is 211 Å². The van der Waals surface area contributed by atoms with Crippen LogP contribution in [-0.4, -0.2) is 42.1 Å². The molecule has 3 aliphatic heterocycles. The highest BCUT2D eigenvalue weighted by Crippen LogP contribution is 2.44. The molecule has 2 bridgehead atoms. The summed E-state index contributed by atoms with van der Waals surface area (Å²) in [5.41, 5.74) is 2.29. The summed E-state index contributed by atoms with van der Waals surface area (Å²) in [6.45, 7) is 5.99. The lowest BCUT2D eigenvalue weighted by Gasteiger charge is -2.51. The third-order valence-corrected chi connectivity index (χ3v) is 7.36. The first-order valence-corrected chi connectivity index (χ1v) is 11.7. The van der Waals surface area contributed by atoms with E-state index >= 15 is 0 Å². The fourth-order valence-electron chi connectivity index (χ4n) is 5.33. The van der Waals surface area contributed by atoms with Crippen molar-refractivity contribution in [3.05, 3.63) is 83.5 Å². The molecule has 5 atom stereocenters. The predicted octanol–water partition coefficient (Wildman–Crippen LogP) is 6.11. The number of piperidine rings is 3. The number of hydrogen-bond acceptors (Lipinski definition) is 5. The minimum absolute atomic E-state index is 0. The minimum atomic E-state index is -0.431. The Balaban J connectivity index is 0.00000274. The molecule has 4 heterocycles. The Morgan fingerprint density at radius 2 is 2.03 bits per heavy atom. The molecule has 1 unspecified atom stereocenters. The number of fused-ring (bicyclic) bond motifs is 4. The van der Waals surface area contributed by atoms with Crippen molar-refractivity contribution in [3.8, 4) is 5.75 Å². The van der Waals surface area contributed by atoms with Crippen LogP contribution in [0.25, 0.3) is 10.9 Å². The van der Waals surface area contributed by atoms with Crippen LogP contribution in [0.4, 0.5) is 0 Å². The molecule has 3 aromatic rings. The number of aromatic nitrogens is 1. The number of pyridine rings is 1. The van der Waals surface area contributed by atoms with Crippen molar-refractivity contribution >= 4 is 40.9 Å². The average molecular weight is 499 g/mol. The van der Waals surface area contributed by atoms with Gasteiger partial charge in [-0.3, -0.25) is 9.88 Å². The second-order valence-electron chi connectivity index (χ2n) is 8.86. The highest BCUT2D eigenvalue weighted by Gasteiger charge is 2.44. The molecular weight excluding hydrogens is 471 g/mol. The Bertz CT molecular complexity index is 1180. The largest absolute Gasteiger partial charge is 0.497 e. The fraction of sp³-hybridized carbons (Fsp3) is 0.333. The molecule has 0 N–H and O–H groups in total. The van der Waals surface area contributed by atoms with Gasteiger partial charge in [-0.05, 0) is 79.8 Å². The lowest BCUT2D eigenvalue weighted by molar-refractivity contribution is -0.0568. The van der Waals surface area contributed by atoms with Crippen LogP contribution in [0.15, 0.2) is 67.4 Å². The van der Waals surface area contributed by atoms with Crippen LogP contribution in [0, 0.1) is 11.8 Å². The maximum absolute atomic E-state index is 13.2. The number of hydrogen-bond donors (Lipinski definition) is 0. The van der Waals surface area contributed by atoms with Gasteiger partial charge in [0, 0.05) is 28.7 Å². The van der Waals surface area contributed by atoms with Gasteiger partial charge in [0.05, 0.1) is 24.2 Å². The monoisotopic (exact) mass is 498 g/mol. The van der Waals surface area contributed by atoms with E-state index in [-0.39, 0.29) is 24.4 Å². The molecule has 1 aromatic heterocycles. The van der Waals surface area contributed by atoms with E-state index in [9.17, 15) is 4.79 Å². The van der Waals surface area contributed by atoms with Gasteiger partial charge in [0.15, 0.2) is 0 Å². The highest BCUT2D eigenvalue weighted by atomic mass is 35.5. The number of esters is 1. The highest BCUT2D eigenvalue weighted by molar-refractivity contribution is 6.30. The molecule has 0 amide bonds. The third kappa shape index (κ3) is 4.65. The third-order valence-electron chi connectivity index (χ3n) is 7.11. The minimum Gasteiger partial charge on any atom is -0.497 e. The number of halogens is 2. The van der Waals surface area contributed by atoms with E-state index in [0.717, 1.165) is 48.1 Å². The lowest BCUT2D eigenvalue weighted by Crippen LogP contribution is -2.55. The molecule has 6 rings (SSSR count). The molecule has 34 heavy (non-hydrogen) atoms. The first-order chi connectivity index (χ1) is 16.1. The van der Waals surface area contributed by atoms with E-state index in [1.165, 1.54) is 0 Å². The number of benzene rings is 2. The summed E-state index contributed by atoms with van der Waals surface area (Å²) in [6.07, 6.45) is 5.54. The quantitative estimate of drug-likeness (QED) is 0.303. The Morgan fingerprint density at radius 3 is 2.71 bits per heavy atom. The van der Waals surface area contributed by atoms with Crippen molar-refractivity contribution in [3.63, 3.8) is 0 Å². The van der Waals surface area contributed by atoms with Gasteiger partial charge in [0.1, 0.15) is 11.9 Å². The van der Waals surface area contributed by atoms with E-state index in [0.29, 0.717) is 22.4 Å². The van der Waals surface area contributed by atoms with Gasteiger partial charge in [-0.15, -0.1) is 19.0 Å². The van der Waals surface area contributed by atoms with Crippen molar-refractivity contribution in [1.29, 1.82) is 0 Å². The zero-order valence-corrected chi connectivity index (χ0v) is 20.6. The summed E-state index contributed by atoms with van der Waals surface area (Å²) in [4.78, 5) is 20.2. The van der Waals surface area contributed by atoms with Crippen LogP contribution >= 0.6 is 24.0 Å². The van der Waals surface area contributed by atoms with Gasteiger partial charge in [0.2, 0.25) is 0 Å². The number of carbonyl (C=O) groups is 1. The van der Waals surface area contributed by atoms with Crippen molar-refractivity contribution in [1.82, 2.24) is 9.88 Å². The SMILES string of the molecule is C=C[C@H]1CN2CC[C@H]1C[C@@H]2[C@@H](OC(=O)c1ccc(Cl)cc1)c1ccnc2ccc(OC)cc12.Cl. The molecule has 3 aliphatic rings. The van der Waals surface area contributed by atoms with Crippen molar-refractivity contribution < 1.29 is 14.3 Å². The van der Waals surface area contributed by atoms with E-state index < -0.39 is 6.10 Å². The molecule has 5 nitrogen and oxygen atoms in total. The number of ether oxygens (including phenoxy) is 2. The number of nitrogens with zero attached hydrogens (tertiary/aromatic N) is 2. The predicted molar refractivity (Wildman–Crippen MR) is 137 cm³/mol. The van der Waals surface area contributed by atoms with Gasteiger partial charge in [-0.25, -0.2) is 4.79 Å².